The third-order valence-corrected chi connectivity index (χ3v) is 7.25. The number of rotatable bonds is 7. The smallest absolute Gasteiger partial charge is 0.411 e. The van der Waals surface area contributed by atoms with Crippen LogP contribution in [0.2, 0.25) is 0 Å². The molecule has 0 aromatic heterocycles. The van der Waals surface area contributed by atoms with Gasteiger partial charge in [-0.2, -0.15) is 0 Å². The molecule has 150 valence electrons. The maximum Gasteiger partial charge on any atom is 0.411 e. The van der Waals surface area contributed by atoms with Crippen molar-refractivity contribution in [2.24, 2.45) is 0 Å². The second-order valence-electron chi connectivity index (χ2n) is 7.73. The Morgan fingerprint density at radius 1 is 1.16 bits per heavy atom. The van der Waals surface area contributed by atoms with Crippen LogP contribution in [0, 0.1) is 0 Å². The Morgan fingerprint density at radius 3 is 1.96 bits per heavy atom. The van der Waals surface area contributed by atoms with Crippen LogP contribution in [0.4, 0.5) is 4.79 Å². The van der Waals surface area contributed by atoms with Gasteiger partial charge < -0.3 is 13.7 Å². The molecule has 0 spiro atoms. The summed E-state index contributed by atoms with van der Waals surface area (Å²) >= 11 is 0. The number of hydrogen-bond donors (Lipinski definition) is 0. The van der Waals surface area contributed by atoms with E-state index in [4.69, 9.17) is 8.92 Å². The Morgan fingerprint density at radius 2 is 1.64 bits per heavy atom. The van der Waals surface area contributed by atoms with Gasteiger partial charge in [0.15, 0.2) is 0 Å². The van der Waals surface area contributed by atoms with Gasteiger partial charge in [-0.25, -0.2) is 4.79 Å². The van der Waals surface area contributed by atoms with Crippen molar-refractivity contribution in [2.45, 2.75) is 71.8 Å². The monoisotopic (exact) mass is 377 g/mol. The van der Waals surface area contributed by atoms with Gasteiger partial charge in [-0.05, 0) is 33.3 Å². The minimum atomic E-state index is -1.33. The van der Waals surface area contributed by atoms with Crippen LogP contribution >= 0.6 is 10.3 Å². The van der Waals surface area contributed by atoms with Crippen molar-refractivity contribution in [2.75, 3.05) is 25.7 Å². The first-order chi connectivity index (χ1) is 11.2. The average Bonchev–Trinajstić information content (AvgIpc) is 2.45. The Balaban J connectivity index is 0. The quantitative estimate of drug-likeness (QED) is 0.472. The molecule has 0 fully saturated rings. The molecule has 6 heteroatoms. The first kappa shape index (κ1) is 26.2. The highest BCUT2D eigenvalue weighted by molar-refractivity contribution is 8.29. The Labute approximate surface area is 156 Å². The SMILES string of the molecule is C=C[C@@H](COS(C)(C)C(C)(C)C)N(CC=O)C(=O)OC(C)(C)C.CC. The molecule has 0 saturated carbocycles. The van der Waals surface area contributed by atoms with Gasteiger partial charge in [0.25, 0.3) is 0 Å². The minimum absolute atomic E-state index is 0.0140. The summed E-state index contributed by atoms with van der Waals surface area (Å²) in [7, 11) is -1.33. The third-order valence-electron chi connectivity index (χ3n) is 3.58. The molecule has 0 bridgehead atoms. The zero-order valence-corrected chi connectivity index (χ0v) is 18.7. The number of nitrogens with zero attached hydrogens (tertiary/aromatic N) is 1. The lowest BCUT2D eigenvalue weighted by atomic mass is 10.2. The van der Waals surface area contributed by atoms with Crippen molar-refractivity contribution in [3.8, 4) is 0 Å². The molecule has 0 aliphatic rings. The normalized spacial score (nSPS) is 13.8. The van der Waals surface area contributed by atoms with Crippen LogP contribution in [0.15, 0.2) is 12.7 Å². The molecular formula is C19H39NO4S. The Bertz CT molecular complexity index is 422. The molecule has 0 aromatic rings. The van der Waals surface area contributed by atoms with Gasteiger partial charge in [0.2, 0.25) is 0 Å². The average molecular weight is 378 g/mol. The van der Waals surface area contributed by atoms with E-state index in [1.807, 2.05) is 13.8 Å². The fourth-order valence-corrected chi connectivity index (χ4v) is 2.28. The summed E-state index contributed by atoms with van der Waals surface area (Å²) in [6, 6.07) is -0.413. The molecule has 25 heavy (non-hydrogen) atoms. The molecular weight excluding hydrogens is 338 g/mol. The van der Waals surface area contributed by atoms with Crippen LogP contribution in [0.25, 0.3) is 0 Å². The molecule has 0 aromatic carbocycles. The van der Waals surface area contributed by atoms with E-state index in [1.165, 1.54) is 4.90 Å². The zero-order valence-electron chi connectivity index (χ0n) is 17.8. The summed E-state index contributed by atoms with van der Waals surface area (Å²) < 4.78 is 11.5. The molecule has 0 saturated heterocycles. The van der Waals surface area contributed by atoms with Crippen molar-refractivity contribution in [1.29, 1.82) is 0 Å². The van der Waals surface area contributed by atoms with Crippen molar-refractivity contribution < 1.29 is 18.5 Å². The number of hydrogen-bond acceptors (Lipinski definition) is 4. The fourth-order valence-electron chi connectivity index (χ4n) is 1.45. The fraction of sp³-hybridized carbons (Fsp3) is 0.789. The molecule has 0 heterocycles. The van der Waals surface area contributed by atoms with Gasteiger partial charge >= 0.3 is 6.09 Å². The van der Waals surface area contributed by atoms with E-state index in [1.54, 1.807) is 26.8 Å². The van der Waals surface area contributed by atoms with Crippen LogP contribution in [-0.2, 0) is 13.7 Å². The maximum atomic E-state index is 12.3. The zero-order chi connectivity index (χ0) is 20.5. The number of carbonyl (C=O) groups is 2. The molecule has 0 aliphatic carbocycles. The van der Waals surface area contributed by atoms with E-state index in [0.717, 1.165) is 0 Å². The second kappa shape index (κ2) is 10.9. The summed E-state index contributed by atoms with van der Waals surface area (Å²) in [5, 5.41) is 0. The lowest BCUT2D eigenvalue weighted by molar-refractivity contribution is -0.109. The number of carbonyl (C=O) groups excluding carboxylic acids is 2. The molecule has 1 atom stereocenters. The first-order valence-corrected chi connectivity index (χ1v) is 11.1. The predicted octanol–water partition coefficient (Wildman–Crippen LogP) is 4.80. The van der Waals surface area contributed by atoms with E-state index < -0.39 is 28.0 Å². The highest BCUT2D eigenvalue weighted by atomic mass is 32.3. The first-order valence-electron chi connectivity index (χ1n) is 8.68. The van der Waals surface area contributed by atoms with Crippen molar-refractivity contribution >= 4 is 22.7 Å². The van der Waals surface area contributed by atoms with Gasteiger partial charge in [-0.15, -0.1) is 16.9 Å². The number of amides is 1. The van der Waals surface area contributed by atoms with Gasteiger partial charge in [0, 0.05) is 4.75 Å². The Hall–Kier alpha value is -1.01. The van der Waals surface area contributed by atoms with E-state index >= 15 is 0 Å². The number of aldehydes is 1. The van der Waals surface area contributed by atoms with Crippen molar-refractivity contribution in [3.05, 3.63) is 12.7 Å². The van der Waals surface area contributed by atoms with Gasteiger partial charge in [-0.3, -0.25) is 4.90 Å². The standard InChI is InChI=1S/C17H33NO4S.C2H6/c1-10-14(13-21-23(8,9)17(5,6)7)18(11-12-19)15(20)22-16(2,3)4;1-2/h10,12,14H,1,11,13H2,2-9H3;1-2H3/t14-;/m0./s1. The highest BCUT2D eigenvalue weighted by Crippen LogP contribution is 2.53. The summed E-state index contributed by atoms with van der Waals surface area (Å²) in [6.07, 6.45) is 5.94. The number of ether oxygens (including phenoxy) is 1. The maximum absolute atomic E-state index is 12.3. The Kier molecular flexibility index (Phi) is 11.4. The van der Waals surface area contributed by atoms with Crippen LogP contribution < -0.4 is 0 Å². The van der Waals surface area contributed by atoms with Crippen molar-refractivity contribution in [3.63, 3.8) is 0 Å². The highest BCUT2D eigenvalue weighted by Gasteiger charge is 2.32. The van der Waals surface area contributed by atoms with Crippen LogP contribution in [0.5, 0.6) is 0 Å². The molecule has 0 N–H and O–H groups in total. The van der Waals surface area contributed by atoms with E-state index in [2.05, 4.69) is 39.9 Å². The van der Waals surface area contributed by atoms with E-state index in [0.29, 0.717) is 6.29 Å². The van der Waals surface area contributed by atoms with Gasteiger partial charge in [-0.1, -0.05) is 40.7 Å². The molecule has 5 nitrogen and oxygen atoms in total. The molecule has 0 aliphatic heterocycles. The minimum Gasteiger partial charge on any atom is -0.444 e. The van der Waals surface area contributed by atoms with E-state index in [-0.39, 0.29) is 17.9 Å². The lowest BCUT2D eigenvalue weighted by Gasteiger charge is -2.44. The van der Waals surface area contributed by atoms with Crippen LogP contribution in [0.3, 0.4) is 0 Å². The summed E-state index contributed by atoms with van der Waals surface area (Å²) in [6.45, 7) is 19.7. The molecule has 1 amide bonds. The molecule has 0 radical (unpaired) electrons. The third kappa shape index (κ3) is 9.90. The van der Waals surface area contributed by atoms with Crippen LogP contribution in [-0.4, -0.2) is 59.3 Å². The summed E-state index contributed by atoms with van der Waals surface area (Å²) in [5.74, 6) is 0. The molecule has 0 rings (SSSR count). The second-order valence-corrected chi connectivity index (χ2v) is 11.7. The predicted molar refractivity (Wildman–Crippen MR) is 109 cm³/mol. The van der Waals surface area contributed by atoms with Crippen LogP contribution in [0.1, 0.15) is 55.4 Å². The van der Waals surface area contributed by atoms with Gasteiger partial charge in [0.1, 0.15) is 11.9 Å². The summed E-state index contributed by atoms with van der Waals surface area (Å²) in [5.41, 5.74) is -0.624. The topological polar surface area (TPSA) is 55.8 Å². The van der Waals surface area contributed by atoms with Gasteiger partial charge in [0.05, 0.1) is 19.2 Å². The largest absolute Gasteiger partial charge is 0.444 e. The summed E-state index contributed by atoms with van der Waals surface area (Å²) in [4.78, 5) is 24.6. The van der Waals surface area contributed by atoms with Crippen molar-refractivity contribution in [1.82, 2.24) is 4.90 Å². The lowest BCUT2D eigenvalue weighted by Crippen LogP contribution is -2.46. The van der Waals surface area contributed by atoms with E-state index in [9.17, 15) is 9.59 Å². The molecule has 0 unspecified atom stereocenters.